The zero-order valence-corrected chi connectivity index (χ0v) is 9.70. The zero-order valence-electron chi connectivity index (χ0n) is 8.94. The number of nitrogens with zero attached hydrogens (tertiary/aromatic N) is 2. The Bertz CT molecular complexity index is 485. The van der Waals surface area contributed by atoms with Gasteiger partial charge in [-0.3, -0.25) is 0 Å². The molecule has 1 aromatic carbocycles. The van der Waals surface area contributed by atoms with Gasteiger partial charge in [-0.2, -0.15) is 0 Å². The fourth-order valence-corrected chi connectivity index (χ4v) is 1.62. The number of benzene rings is 1. The highest BCUT2D eigenvalue weighted by molar-refractivity contribution is 6.31. The van der Waals surface area contributed by atoms with Gasteiger partial charge in [0.2, 0.25) is 0 Å². The van der Waals surface area contributed by atoms with Crippen molar-refractivity contribution in [2.75, 3.05) is 5.32 Å². The largest absolute Gasteiger partial charge is 0.363 e. The third kappa shape index (κ3) is 2.70. The standard InChI is InChI=1S/C12H12ClN3/c1-9-3-2-4-10(7-9)8-16-12-11(13)14-5-6-15-12/h2-7H,8H2,1H3,(H,15,16). The molecule has 0 saturated heterocycles. The van der Waals surface area contributed by atoms with E-state index < -0.39 is 0 Å². The van der Waals surface area contributed by atoms with Gasteiger partial charge in [0.05, 0.1) is 0 Å². The lowest BCUT2D eigenvalue weighted by atomic mass is 10.1. The average Bonchev–Trinajstić information content (AvgIpc) is 2.28. The Hall–Kier alpha value is -1.61. The molecule has 1 N–H and O–H groups in total. The predicted octanol–water partition coefficient (Wildman–Crippen LogP) is 3.05. The molecule has 4 heteroatoms. The van der Waals surface area contributed by atoms with Crippen LogP contribution >= 0.6 is 11.6 Å². The molecule has 3 nitrogen and oxygen atoms in total. The number of anilines is 1. The molecule has 1 heterocycles. The molecule has 0 aliphatic rings. The maximum atomic E-state index is 5.89. The van der Waals surface area contributed by atoms with E-state index in [4.69, 9.17) is 11.6 Å². The van der Waals surface area contributed by atoms with Crippen molar-refractivity contribution >= 4 is 17.4 Å². The number of halogens is 1. The Morgan fingerprint density at radius 1 is 1.25 bits per heavy atom. The topological polar surface area (TPSA) is 37.8 Å². The van der Waals surface area contributed by atoms with Crippen molar-refractivity contribution in [1.82, 2.24) is 9.97 Å². The van der Waals surface area contributed by atoms with Crippen molar-refractivity contribution in [2.24, 2.45) is 0 Å². The predicted molar refractivity (Wildman–Crippen MR) is 65.5 cm³/mol. The number of rotatable bonds is 3. The quantitative estimate of drug-likeness (QED) is 0.886. The Morgan fingerprint density at radius 2 is 2.06 bits per heavy atom. The summed E-state index contributed by atoms with van der Waals surface area (Å²) in [6, 6.07) is 8.28. The second-order valence-corrected chi connectivity index (χ2v) is 3.90. The lowest BCUT2D eigenvalue weighted by Gasteiger charge is -2.06. The molecule has 0 aliphatic heterocycles. The van der Waals surface area contributed by atoms with Gasteiger partial charge in [0.15, 0.2) is 11.0 Å². The van der Waals surface area contributed by atoms with E-state index in [1.54, 1.807) is 12.4 Å². The first kappa shape index (κ1) is 10.9. The number of aromatic nitrogens is 2. The summed E-state index contributed by atoms with van der Waals surface area (Å²) in [5.74, 6) is 0.616. The molecule has 82 valence electrons. The van der Waals surface area contributed by atoms with Crippen molar-refractivity contribution in [3.63, 3.8) is 0 Å². The Kier molecular flexibility index (Phi) is 3.37. The Labute approximate surface area is 99.5 Å². The molecule has 0 bridgehead atoms. The van der Waals surface area contributed by atoms with E-state index in [9.17, 15) is 0 Å². The van der Waals surface area contributed by atoms with Crippen molar-refractivity contribution in [3.05, 3.63) is 52.9 Å². The van der Waals surface area contributed by atoms with Gasteiger partial charge in [-0.1, -0.05) is 41.4 Å². The maximum absolute atomic E-state index is 5.89. The fourth-order valence-electron chi connectivity index (χ4n) is 1.45. The van der Waals surface area contributed by atoms with E-state index in [0.717, 1.165) is 0 Å². The molecule has 0 fully saturated rings. The second kappa shape index (κ2) is 4.94. The minimum atomic E-state index is 0.398. The molecule has 2 rings (SSSR count). The lowest BCUT2D eigenvalue weighted by Crippen LogP contribution is -2.02. The van der Waals surface area contributed by atoms with Crippen LogP contribution < -0.4 is 5.32 Å². The third-order valence-corrected chi connectivity index (χ3v) is 2.47. The molecule has 2 aromatic rings. The summed E-state index contributed by atoms with van der Waals surface area (Å²) in [7, 11) is 0. The van der Waals surface area contributed by atoms with Crippen LogP contribution in [-0.2, 0) is 6.54 Å². The highest BCUT2D eigenvalue weighted by Crippen LogP contribution is 2.15. The minimum absolute atomic E-state index is 0.398. The molecule has 1 aromatic heterocycles. The van der Waals surface area contributed by atoms with Crippen LogP contribution in [0.5, 0.6) is 0 Å². The van der Waals surface area contributed by atoms with Crippen LogP contribution in [0.15, 0.2) is 36.7 Å². The lowest BCUT2D eigenvalue weighted by molar-refractivity contribution is 1.08. The van der Waals surface area contributed by atoms with Crippen molar-refractivity contribution in [3.8, 4) is 0 Å². The summed E-state index contributed by atoms with van der Waals surface area (Å²) in [5.41, 5.74) is 2.44. The van der Waals surface area contributed by atoms with Crippen LogP contribution in [0.25, 0.3) is 0 Å². The van der Waals surface area contributed by atoms with Gasteiger partial charge in [0.25, 0.3) is 0 Å². The van der Waals surface area contributed by atoms with Crippen LogP contribution in [0.1, 0.15) is 11.1 Å². The monoisotopic (exact) mass is 233 g/mol. The van der Waals surface area contributed by atoms with Crippen molar-refractivity contribution in [2.45, 2.75) is 13.5 Å². The average molecular weight is 234 g/mol. The van der Waals surface area contributed by atoms with E-state index in [1.165, 1.54) is 11.1 Å². The molecule has 0 spiro atoms. The first-order valence-corrected chi connectivity index (χ1v) is 5.39. The second-order valence-electron chi connectivity index (χ2n) is 3.54. The van der Waals surface area contributed by atoms with E-state index in [0.29, 0.717) is 17.5 Å². The SMILES string of the molecule is Cc1cccc(CNc2nccnc2Cl)c1. The highest BCUT2D eigenvalue weighted by atomic mass is 35.5. The van der Waals surface area contributed by atoms with Gasteiger partial charge in [0, 0.05) is 18.9 Å². The summed E-state index contributed by atoms with van der Waals surface area (Å²) in [5, 5.41) is 3.55. The van der Waals surface area contributed by atoms with Gasteiger partial charge >= 0.3 is 0 Å². The summed E-state index contributed by atoms with van der Waals surface area (Å²) < 4.78 is 0. The van der Waals surface area contributed by atoms with Gasteiger partial charge in [-0.05, 0) is 12.5 Å². The molecular formula is C12H12ClN3. The minimum Gasteiger partial charge on any atom is -0.363 e. The van der Waals surface area contributed by atoms with Crippen LogP contribution in [0.3, 0.4) is 0 Å². The summed E-state index contributed by atoms with van der Waals surface area (Å²) in [4.78, 5) is 8.06. The van der Waals surface area contributed by atoms with Gasteiger partial charge in [0.1, 0.15) is 0 Å². The normalized spacial score (nSPS) is 10.1. The third-order valence-electron chi connectivity index (χ3n) is 2.20. The number of nitrogens with one attached hydrogen (secondary N) is 1. The van der Waals surface area contributed by atoms with E-state index in [1.807, 2.05) is 6.07 Å². The summed E-state index contributed by atoms with van der Waals surface area (Å²) in [6.45, 7) is 2.76. The fraction of sp³-hybridized carbons (Fsp3) is 0.167. The highest BCUT2D eigenvalue weighted by Gasteiger charge is 2.00. The summed E-state index contributed by atoms with van der Waals surface area (Å²) >= 11 is 5.89. The number of hydrogen-bond acceptors (Lipinski definition) is 3. The van der Waals surface area contributed by atoms with Crippen LogP contribution in [0.4, 0.5) is 5.82 Å². The molecule has 0 saturated carbocycles. The van der Waals surface area contributed by atoms with Crippen LogP contribution in [0, 0.1) is 6.92 Å². The smallest absolute Gasteiger partial charge is 0.171 e. The molecule has 0 radical (unpaired) electrons. The molecule has 0 atom stereocenters. The number of aryl methyl sites for hydroxylation is 1. The Morgan fingerprint density at radius 3 is 2.81 bits per heavy atom. The van der Waals surface area contributed by atoms with Crippen LogP contribution in [0.2, 0.25) is 5.15 Å². The molecular weight excluding hydrogens is 222 g/mol. The van der Waals surface area contributed by atoms with E-state index in [-0.39, 0.29) is 0 Å². The van der Waals surface area contributed by atoms with Crippen molar-refractivity contribution in [1.29, 1.82) is 0 Å². The van der Waals surface area contributed by atoms with E-state index >= 15 is 0 Å². The first-order chi connectivity index (χ1) is 7.75. The van der Waals surface area contributed by atoms with E-state index in [2.05, 4.69) is 40.4 Å². The van der Waals surface area contributed by atoms with Gasteiger partial charge in [-0.25, -0.2) is 9.97 Å². The molecule has 0 unspecified atom stereocenters. The zero-order chi connectivity index (χ0) is 11.4. The first-order valence-electron chi connectivity index (χ1n) is 5.01. The van der Waals surface area contributed by atoms with Crippen LogP contribution in [-0.4, -0.2) is 9.97 Å². The molecule has 16 heavy (non-hydrogen) atoms. The van der Waals surface area contributed by atoms with Crippen molar-refractivity contribution < 1.29 is 0 Å². The maximum Gasteiger partial charge on any atom is 0.171 e. The Balaban J connectivity index is 2.05. The number of hydrogen-bond donors (Lipinski definition) is 1. The van der Waals surface area contributed by atoms with Gasteiger partial charge < -0.3 is 5.32 Å². The molecule has 0 amide bonds. The van der Waals surface area contributed by atoms with Gasteiger partial charge in [-0.15, -0.1) is 0 Å². The summed E-state index contributed by atoms with van der Waals surface area (Å²) in [6.07, 6.45) is 3.19. The molecule has 0 aliphatic carbocycles.